The lowest BCUT2D eigenvalue weighted by Gasteiger charge is -2.10. The molecule has 0 radical (unpaired) electrons. The van der Waals surface area contributed by atoms with Crippen LogP contribution in [0.5, 0.6) is 0 Å². The molecule has 0 amide bonds. The number of fused-ring (bicyclic) bond motifs is 1. The van der Waals surface area contributed by atoms with Crippen molar-refractivity contribution in [2.45, 2.75) is 13.8 Å². The smallest absolute Gasteiger partial charge is 0.186 e. The van der Waals surface area contributed by atoms with Crippen molar-refractivity contribution in [1.82, 2.24) is 4.98 Å². The van der Waals surface area contributed by atoms with Gasteiger partial charge in [-0.1, -0.05) is 6.58 Å². The first-order valence-corrected chi connectivity index (χ1v) is 4.21. The Hall–Kier alpha value is -1.57. The number of rotatable bonds is 0. The molecule has 13 heavy (non-hydrogen) atoms. The van der Waals surface area contributed by atoms with Gasteiger partial charge in [0.25, 0.3) is 0 Å². The number of nitrogens with one attached hydrogen (secondary N) is 1. The molecule has 1 N–H and O–H groups in total. The van der Waals surface area contributed by atoms with Crippen LogP contribution in [0.2, 0.25) is 0 Å². The van der Waals surface area contributed by atoms with Crippen LogP contribution in [0, 0.1) is 6.92 Å². The molecule has 0 aliphatic heterocycles. The molecular formula is C11H11NO. The van der Waals surface area contributed by atoms with Gasteiger partial charge in [0.15, 0.2) is 5.78 Å². The van der Waals surface area contributed by atoms with Gasteiger partial charge in [0.1, 0.15) is 0 Å². The highest BCUT2D eigenvalue weighted by atomic mass is 16.1. The molecule has 1 aliphatic carbocycles. The molecule has 1 aromatic heterocycles. The second-order valence-corrected chi connectivity index (χ2v) is 3.41. The Morgan fingerprint density at radius 3 is 2.77 bits per heavy atom. The van der Waals surface area contributed by atoms with Gasteiger partial charge in [-0.15, -0.1) is 0 Å². The predicted molar refractivity (Wildman–Crippen MR) is 53.2 cm³/mol. The molecule has 2 heteroatoms. The van der Waals surface area contributed by atoms with Crippen molar-refractivity contribution in [3.8, 4) is 0 Å². The van der Waals surface area contributed by atoms with E-state index in [1.54, 1.807) is 6.08 Å². The molecule has 0 bridgehead atoms. The summed E-state index contributed by atoms with van der Waals surface area (Å²) in [6, 6.07) is 1.96. The van der Waals surface area contributed by atoms with Gasteiger partial charge in [0.05, 0.1) is 0 Å². The van der Waals surface area contributed by atoms with E-state index in [-0.39, 0.29) is 5.78 Å². The lowest BCUT2D eigenvalue weighted by Crippen LogP contribution is -2.04. The second kappa shape index (κ2) is 2.46. The second-order valence-electron chi connectivity index (χ2n) is 3.41. The monoisotopic (exact) mass is 173 g/mol. The number of H-pyrrole nitrogens is 1. The zero-order valence-electron chi connectivity index (χ0n) is 7.77. The summed E-state index contributed by atoms with van der Waals surface area (Å²) in [6.45, 7) is 7.68. The van der Waals surface area contributed by atoms with E-state index in [2.05, 4.69) is 11.6 Å². The highest BCUT2D eigenvalue weighted by Crippen LogP contribution is 2.30. The van der Waals surface area contributed by atoms with Crippen molar-refractivity contribution in [2.24, 2.45) is 0 Å². The summed E-state index contributed by atoms with van der Waals surface area (Å²) in [7, 11) is 0. The summed E-state index contributed by atoms with van der Waals surface area (Å²) in [6.07, 6.45) is 1.63. The average molecular weight is 173 g/mol. The van der Waals surface area contributed by atoms with Crippen LogP contribution < -0.4 is 0 Å². The van der Waals surface area contributed by atoms with Crippen molar-refractivity contribution in [3.63, 3.8) is 0 Å². The van der Waals surface area contributed by atoms with E-state index in [4.69, 9.17) is 0 Å². The van der Waals surface area contributed by atoms with E-state index in [1.165, 1.54) is 0 Å². The Morgan fingerprint density at radius 1 is 1.38 bits per heavy atom. The van der Waals surface area contributed by atoms with Crippen LogP contribution in [-0.4, -0.2) is 10.8 Å². The maximum Gasteiger partial charge on any atom is 0.186 e. The third kappa shape index (κ3) is 1.06. The molecule has 2 rings (SSSR count). The minimum Gasteiger partial charge on any atom is -0.358 e. The fourth-order valence-electron chi connectivity index (χ4n) is 1.63. The highest BCUT2D eigenvalue weighted by Gasteiger charge is 2.20. The van der Waals surface area contributed by atoms with Crippen LogP contribution in [0.25, 0.3) is 11.1 Å². The van der Waals surface area contributed by atoms with Crippen molar-refractivity contribution in [3.05, 3.63) is 35.7 Å². The molecule has 1 aromatic rings. The number of hydrogen-bond acceptors (Lipinski definition) is 1. The van der Waals surface area contributed by atoms with Crippen LogP contribution >= 0.6 is 0 Å². The first-order valence-electron chi connectivity index (χ1n) is 4.21. The van der Waals surface area contributed by atoms with Gasteiger partial charge in [0.2, 0.25) is 0 Å². The number of allylic oxidation sites excluding steroid dienone is 3. The maximum absolute atomic E-state index is 11.4. The standard InChI is InChI=1S/C11H11NO/c1-6-4-10(13)8(3)9-5-7(2)12-11(6)9/h4-5,12H,3H2,1-2H3. The predicted octanol–water partition coefficient (Wildman–Crippen LogP) is 2.32. The van der Waals surface area contributed by atoms with Crippen LogP contribution in [0.4, 0.5) is 0 Å². The van der Waals surface area contributed by atoms with E-state index in [0.29, 0.717) is 5.57 Å². The van der Waals surface area contributed by atoms with Crippen molar-refractivity contribution in [2.75, 3.05) is 0 Å². The summed E-state index contributed by atoms with van der Waals surface area (Å²) in [5, 5.41) is 0. The van der Waals surface area contributed by atoms with E-state index in [0.717, 1.165) is 22.5 Å². The fourth-order valence-corrected chi connectivity index (χ4v) is 1.63. The van der Waals surface area contributed by atoms with Gasteiger partial charge in [-0.3, -0.25) is 4.79 Å². The summed E-state index contributed by atoms with van der Waals surface area (Å²) < 4.78 is 0. The summed E-state index contributed by atoms with van der Waals surface area (Å²) in [5.74, 6) is 0.0176. The Morgan fingerprint density at radius 2 is 2.08 bits per heavy atom. The van der Waals surface area contributed by atoms with Crippen LogP contribution in [0.1, 0.15) is 23.9 Å². The van der Waals surface area contributed by atoms with E-state index in [1.807, 2.05) is 19.9 Å². The third-order valence-electron chi connectivity index (χ3n) is 2.32. The molecule has 0 saturated heterocycles. The van der Waals surface area contributed by atoms with Crippen LogP contribution in [0.15, 0.2) is 18.7 Å². The molecule has 1 heterocycles. The summed E-state index contributed by atoms with van der Waals surface area (Å²) in [4.78, 5) is 14.6. The van der Waals surface area contributed by atoms with Crippen LogP contribution in [0.3, 0.4) is 0 Å². The topological polar surface area (TPSA) is 32.9 Å². The molecule has 0 spiro atoms. The summed E-state index contributed by atoms with van der Waals surface area (Å²) in [5.41, 5.74) is 4.61. The SMILES string of the molecule is C=C1C(=O)C=C(C)c2[nH]c(C)cc21. The van der Waals surface area contributed by atoms with Gasteiger partial charge >= 0.3 is 0 Å². The van der Waals surface area contributed by atoms with Crippen molar-refractivity contribution >= 4 is 16.9 Å². The van der Waals surface area contributed by atoms with Crippen LogP contribution in [-0.2, 0) is 4.79 Å². The van der Waals surface area contributed by atoms with Gasteiger partial charge < -0.3 is 4.98 Å². The lowest BCUT2D eigenvalue weighted by atomic mass is 9.93. The van der Waals surface area contributed by atoms with Gasteiger partial charge in [-0.25, -0.2) is 0 Å². The van der Waals surface area contributed by atoms with Gasteiger partial charge in [0, 0.05) is 22.5 Å². The first kappa shape index (κ1) is 8.05. The highest BCUT2D eigenvalue weighted by molar-refractivity contribution is 6.30. The minimum atomic E-state index is 0.0176. The Labute approximate surface area is 77.0 Å². The number of carbonyl (C=O) groups excluding carboxylic acids is 1. The Balaban J connectivity index is 2.70. The Kier molecular flexibility index (Phi) is 1.52. The number of carbonyl (C=O) groups is 1. The molecular weight excluding hydrogens is 162 g/mol. The number of aromatic nitrogens is 1. The molecule has 0 fully saturated rings. The molecule has 66 valence electrons. The molecule has 1 aliphatic rings. The minimum absolute atomic E-state index is 0.0176. The first-order chi connectivity index (χ1) is 6.09. The van der Waals surface area contributed by atoms with Crippen molar-refractivity contribution < 1.29 is 4.79 Å². The molecule has 0 aromatic carbocycles. The number of aryl methyl sites for hydroxylation is 1. The van der Waals surface area contributed by atoms with Gasteiger partial charge in [-0.05, 0) is 31.6 Å². The average Bonchev–Trinajstić information content (AvgIpc) is 2.44. The van der Waals surface area contributed by atoms with Crippen molar-refractivity contribution in [1.29, 1.82) is 0 Å². The summed E-state index contributed by atoms with van der Waals surface area (Å²) >= 11 is 0. The largest absolute Gasteiger partial charge is 0.358 e. The molecule has 0 unspecified atom stereocenters. The van der Waals surface area contributed by atoms with E-state index >= 15 is 0 Å². The molecule has 0 atom stereocenters. The van der Waals surface area contributed by atoms with E-state index in [9.17, 15) is 4.79 Å². The normalized spacial score (nSPS) is 15.7. The zero-order chi connectivity index (χ0) is 9.59. The maximum atomic E-state index is 11.4. The van der Waals surface area contributed by atoms with Gasteiger partial charge in [-0.2, -0.15) is 0 Å². The quantitative estimate of drug-likeness (QED) is 0.600. The lowest BCUT2D eigenvalue weighted by molar-refractivity contribution is -0.109. The fraction of sp³-hybridized carbons (Fsp3) is 0.182. The van der Waals surface area contributed by atoms with E-state index < -0.39 is 0 Å². The number of aromatic amines is 1. The number of hydrogen-bond donors (Lipinski definition) is 1. The third-order valence-corrected chi connectivity index (χ3v) is 2.32. The molecule has 0 saturated carbocycles. The Bertz CT molecular complexity index is 435. The zero-order valence-corrected chi connectivity index (χ0v) is 7.77. The molecule has 2 nitrogen and oxygen atoms in total. The number of ketones is 1.